The summed E-state index contributed by atoms with van der Waals surface area (Å²) in [5, 5.41) is 6.95. The summed E-state index contributed by atoms with van der Waals surface area (Å²) in [6.45, 7) is 12.1. The molecule has 0 unspecified atom stereocenters. The van der Waals surface area contributed by atoms with E-state index in [2.05, 4.69) is 68.1 Å². The van der Waals surface area contributed by atoms with Crippen LogP contribution in [0.1, 0.15) is 69.5 Å². The highest BCUT2D eigenvalue weighted by Crippen LogP contribution is 2.38. The van der Waals surface area contributed by atoms with Gasteiger partial charge in [0, 0.05) is 65.3 Å². The minimum Gasteiger partial charge on any atom is -0.354 e. The molecule has 5 rings (SSSR count). The highest BCUT2D eigenvalue weighted by Gasteiger charge is 2.41. The Morgan fingerprint density at radius 3 is 2.49 bits per heavy atom. The Kier molecular flexibility index (Phi) is 9.26. The van der Waals surface area contributed by atoms with Crippen molar-refractivity contribution in [2.45, 2.75) is 77.0 Å². The number of aryl methyl sites for hydroxylation is 2. The second kappa shape index (κ2) is 12.6. The number of urea groups is 1. The first kappa shape index (κ1) is 31.5. The van der Waals surface area contributed by atoms with Gasteiger partial charge in [0.25, 0.3) is 0 Å². The van der Waals surface area contributed by atoms with Crippen LogP contribution in [-0.4, -0.2) is 69.0 Å². The van der Waals surface area contributed by atoms with Gasteiger partial charge >= 0.3 is 6.03 Å². The van der Waals surface area contributed by atoms with Crippen LogP contribution >= 0.6 is 27.5 Å². The molecule has 2 N–H and O–H groups in total. The maximum absolute atomic E-state index is 13.9. The van der Waals surface area contributed by atoms with E-state index >= 15 is 0 Å². The van der Waals surface area contributed by atoms with Crippen LogP contribution in [0.5, 0.6) is 0 Å². The average Bonchev–Trinajstić information content (AvgIpc) is 3.44. The normalized spacial score (nSPS) is 19.3. The number of halogens is 2. The Hall–Kier alpha value is -2.88. The van der Waals surface area contributed by atoms with E-state index in [1.54, 1.807) is 4.90 Å². The molecule has 0 saturated carbocycles. The summed E-state index contributed by atoms with van der Waals surface area (Å²) in [6.07, 6.45) is 8.38. The molecule has 3 amide bonds. The maximum atomic E-state index is 13.9. The van der Waals surface area contributed by atoms with Gasteiger partial charge in [-0.05, 0) is 117 Å². The molecule has 2 aliphatic rings. The van der Waals surface area contributed by atoms with Crippen LogP contribution in [0.3, 0.4) is 0 Å². The van der Waals surface area contributed by atoms with Gasteiger partial charge in [-0.2, -0.15) is 0 Å². The lowest BCUT2D eigenvalue weighted by Gasteiger charge is -2.44. The molecule has 10 heteroatoms. The predicted molar refractivity (Wildman–Crippen MR) is 174 cm³/mol. The molecule has 2 aromatic heterocycles. The summed E-state index contributed by atoms with van der Waals surface area (Å²) in [5.74, 6) is -0.147. The van der Waals surface area contributed by atoms with Crippen LogP contribution in [0.15, 0.2) is 59.5 Å². The molecule has 1 aliphatic heterocycles. The Balaban J connectivity index is 1.43. The van der Waals surface area contributed by atoms with Gasteiger partial charge in [-0.1, -0.05) is 17.7 Å². The van der Waals surface area contributed by atoms with Crippen molar-refractivity contribution in [2.75, 3.05) is 26.2 Å². The zero-order valence-electron chi connectivity index (χ0n) is 25.7. The minimum atomic E-state index is -0.663. The molecule has 3 aromatic rings. The fourth-order valence-corrected chi connectivity index (χ4v) is 6.73. The first-order valence-corrected chi connectivity index (χ1v) is 16.2. The fraction of sp³-hybridized carbons (Fsp3) is 0.485. The molecular weight excluding hydrogens is 628 g/mol. The minimum absolute atomic E-state index is 0.147. The van der Waals surface area contributed by atoms with Crippen molar-refractivity contribution in [3.05, 3.63) is 86.9 Å². The van der Waals surface area contributed by atoms with Crippen LogP contribution in [0.2, 0.25) is 5.02 Å². The molecule has 1 aliphatic carbocycles. The first-order chi connectivity index (χ1) is 20.3. The second-order valence-electron chi connectivity index (χ2n) is 13.3. The van der Waals surface area contributed by atoms with E-state index in [9.17, 15) is 9.59 Å². The van der Waals surface area contributed by atoms with E-state index in [0.29, 0.717) is 31.2 Å². The second-order valence-corrected chi connectivity index (χ2v) is 14.6. The zero-order valence-corrected chi connectivity index (χ0v) is 28.0. The van der Waals surface area contributed by atoms with Crippen LogP contribution in [0.4, 0.5) is 4.79 Å². The molecule has 230 valence electrons. The Labute approximate surface area is 268 Å². The SMILES string of the molecule is CC(C)(C)NC(=O)N1CCN([C@@H]2c3ccc(Cl)cc3CCc3cc(Br)cnc32)C[C@@H]1C(=O)NCCC(C)(C)n1cccc1. The summed E-state index contributed by atoms with van der Waals surface area (Å²) in [4.78, 5) is 36.4. The van der Waals surface area contributed by atoms with Gasteiger partial charge in [0.2, 0.25) is 5.91 Å². The number of piperazine rings is 1. The van der Waals surface area contributed by atoms with Gasteiger partial charge in [-0.25, -0.2) is 4.79 Å². The quantitative estimate of drug-likeness (QED) is 0.342. The number of hydrogen-bond acceptors (Lipinski definition) is 4. The Morgan fingerprint density at radius 1 is 1.05 bits per heavy atom. The summed E-state index contributed by atoms with van der Waals surface area (Å²) >= 11 is 10.0. The Morgan fingerprint density at radius 2 is 1.77 bits per heavy atom. The lowest BCUT2D eigenvalue weighted by molar-refractivity contribution is -0.127. The van der Waals surface area contributed by atoms with Gasteiger partial charge in [0.05, 0.1) is 11.7 Å². The van der Waals surface area contributed by atoms with Crippen molar-refractivity contribution in [2.24, 2.45) is 0 Å². The van der Waals surface area contributed by atoms with Crippen molar-refractivity contribution in [1.82, 2.24) is 30.0 Å². The number of fused-ring (bicyclic) bond motifs is 2. The smallest absolute Gasteiger partial charge is 0.318 e. The van der Waals surface area contributed by atoms with Gasteiger partial charge in [0.1, 0.15) is 6.04 Å². The van der Waals surface area contributed by atoms with E-state index in [0.717, 1.165) is 35.0 Å². The number of carbonyl (C=O) groups excluding carboxylic acids is 2. The average molecular weight is 670 g/mol. The van der Waals surface area contributed by atoms with Crippen LogP contribution < -0.4 is 10.6 Å². The highest BCUT2D eigenvalue weighted by atomic mass is 79.9. The van der Waals surface area contributed by atoms with E-state index < -0.39 is 11.6 Å². The number of aromatic nitrogens is 2. The van der Waals surface area contributed by atoms with Crippen LogP contribution in [0, 0.1) is 0 Å². The summed E-state index contributed by atoms with van der Waals surface area (Å²) in [5.41, 5.74) is 3.92. The van der Waals surface area contributed by atoms with Gasteiger partial charge < -0.3 is 20.1 Å². The summed E-state index contributed by atoms with van der Waals surface area (Å²) < 4.78 is 3.10. The number of rotatable bonds is 6. The van der Waals surface area contributed by atoms with Crippen molar-refractivity contribution in [3.8, 4) is 0 Å². The standard InChI is InChI=1S/C33H42BrClN6O2/c1-32(2,3)38-31(43)41-17-16-39(21-27(41)30(42)36-13-12-33(4,5)40-14-6-7-15-40)29-26-11-10-25(35)19-22(26)8-9-23-18-24(34)20-37-28(23)29/h6-7,10-11,14-15,18-20,27,29H,8-9,12-13,16-17,21H2,1-5H3,(H,36,42)(H,38,43)/t27-,29-/m1/s1. The van der Waals surface area contributed by atoms with Crippen molar-refractivity contribution >= 4 is 39.5 Å². The molecule has 0 spiro atoms. The third-order valence-electron chi connectivity index (χ3n) is 8.45. The number of nitrogens with zero attached hydrogens (tertiary/aromatic N) is 4. The zero-order chi connectivity index (χ0) is 30.9. The van der Waals surface area contributed by atoms with Crippen molar-refractivity contribution < 1.29 is 9.59 Å². The number of benzene rings is 1. The largest absolute Gasteiger partial charge is 0.354 e. The van der Waals surface area contributed by atoms with E-state index in [4.69, 9.17) is 16.6 Å². The van der Waals surface area contributed by atoms with Gasteiger partial charge in [0.15, 0.2) is 0 Å². The first-order valence-electron chi connectivity index (χ1n) is 15.0. The number of carbonyl (C=O) groups is 2. The molecule has 8 nitrogen and oxygen atoms in total. The van der Waals surface area contributed by atoms with Gasteiger partial charge in [-0.15, -0.1) is 0 Å². The molecule has 0 radical (unpaired) electrons. The molecule has 1 fully saturated rings. The predicted octanol–water partition coefficient (Wildman–Crippen LogP) is 5.92. The number of amides is 3. The molecule has 43 heavy (non-hydrogen) atoms. The van der Waals surface area contributed by atoms with E-state index in [-0.39, 0.29) is 23.5 Å². The monoisotopic (exact) mass is 668 g/mol. The molecule has 1 aromatic carbocycles. The van der Waals surface area contributed by atoms with Gasteiger partial charge in [-0.3, -0.25) is 14.7 Å². The number of pyridine rings is 1. The summed E-state index contributed by atoms with van der Waals surface area (Å²) in [7, 11) is 0. The summed E-state index contributed by atoms with van der Waals surface area (Å²) in [6, 6.07) is 11.2. The van der Waals surface area contributed by atoms with Crippen molar-refractivity contribution in [1.29, 1.82) is 0 Å². The number of nitrogens with one attached hydrogen (secondary N) is 2. The van der Waals surface area contributed by atoms with Crippen molar-refractivity contribution in [3.63, 3.8) is 0 Å². The van der Waals surface area contributed by atoms with Crippen LogP contribution in [-0.2, 0) is 23.2 Å². The lowest BCUT2D eigenvalue weighted by atomic mass is 9.95. The molecule has 2 atom stereocenters. The highest BCUT2D eigenvalue weighted by molar-refractivity contribution is 9.10. The van der Waals surface area contributed by atoms with Crippen LogP contribution in [0.25, 0.3) is 0 Å². The molecular formula is C33H42BrClN6O2. The maximum Gasteiger partial charge on any atom is 0.318 e. The third kappa shape index (κ3) is 7.27. The topological polar surface area (TPSA) is 82.5 Å². The molecule has 1 saturated heterocycles. The number of hydrogen-bond donors (Lipinski definition) is 2. The molecule has 0 bridgehead atoms. The third-order valence-corrected chi connectivity index (χ3v) is 9.12. The lowest BCUT2D eigenvalue weighted by Crippen LogP contribution is -2.64. The fourth-order valence-electron chi connectivity index (χ4n) is 6.16. The van der Waals surface area contributed by atoms with E-state index in [1.165, 1.54) is 11.1 Å². The molecule has 3 heterocycles. The Bertz CT molecular complexity index is 1420. The van der Waals surface area contributed by atoms with E-state index in [1.807, 2.05) is 57.6 Å².